The van der Waals surface area contributed by atoms with Crippen LogP contribution in [-0.4, -0.2) is 101 Å². The second-order valence-corrected chi connectivity index (χ2v) is 10.5. The van der Waals surface area contributed by atoms with E-state index in [1.54, 1.807) is 0 Å². The van der Waals surface area contributed by atoms with Gasteiger partial charge in [0, 0.05) is 55.5 Å². The average Bonchev–Trinajstić information content (AvgIpc) is 3.36. The third-order valence-corrected chi connectivity index (χ3v) is 8.26. The van der Waals surface area contributed by atoms with Crippen molar-refractivity contribution in [2.45, 2.75) is 57.0 Å². The summed E-state index contributed by atoms with van der Waals surface area (Å²) >= 11 is 0. The molecule has 1 aliphatic carbocycles. The lowest BCUT2D eigenvalue weighted by Crippen LogP contribution is -2.56. The lowest BCUT2D eigenvalue weighted by atomic mass is 9.93. The van der Waals surface area contributed by atoms with Crippen molar-refractivity contribution in [1.29, 1.82) is 0 Å². The van der Waals surface area contributed by atoms with Crippen LogP contribution in [0.3, 0.4) is 0 Å². The van der Waals surface area contributed by atoms with Crippen LogP contribution in [0.25, 0.3) is 10.9 Å². The topological polar surface area (TPSA) is 62.9 Å². The van der Waals surface area contributed by atoms with Gasteiger partial charge in [-0.25, -0.2) is 0 Å². The number of likely N-dealkylation sites (tertiary alicyclic amines) is 1. The first kappa shape index (κ1) is 23.4. The number of hydrogen-bond donors (Lipinski definition) is 1. The van der Waals surface area contributed by atoms with Crippen molar-refractivity contribution in [3.8, 4) is 0 Å². The zero-order valence-corrected chi connectivity index (χ0v) is 20.5. The molecule has 3 aliphatic rings. The Morgan fingerprint density at radius 2 is 1.68 bits per heavy atom. The molecule has 1 aromatic carbocycles. The number of H-pyrrole nitrogens is 1. The molecule has 0 unspecified atom stereocenters. The number of aromatic nitrogens is 1. The van der Waals surface area contributed by atoms with E-state index in [1.807, 2.05) is 40.3 Å². The highest BCUT2D eigenvalue weighted by Crippen LogP contribution is 2.25. The van der Waals surface area contributed by atoms with Crippen molar-refractivity contribution < 1.29 is 9.59 Å². The lowest BCUT2D eigenvalue weighted by Gasteiger charge is -2.43. The number of amides is 2. The Hall–Kier alpha value is -2.38. The molecule has 5 rings (SSSR count). The Bertz CT molecular complexity index is 982. The molecule has 1 saturated carbocycles. The van der Waals surface area contributed by atoms with Crippen LogP contribution in [0.1, 0.15) is 55.3 Å². The molecule has 0 spiro atoms. The fraction of sp³-hybridized carbons (Fsp3) is 0.630. The van der Waals surface area contributed by atoms with E-state index in [1.165, 1.54) is 19.3 Å². The fourth-order valence-electron chi connectivity index (χ4n) is 6.05. The van der Waals surface area contributed by atoms with Gasteiger partial charge >= 0.3 is 0 Å². The SMILES string of the molecule is CN1CCC(N2CCN(C(=O)CN(C(=O)c3ccc4cc[nH]c4c3)C3CCCCC3)CC2)CC1. The van der Waals surface area contributed by atoms with Crippen LogP contribution in [0.15, 0.2) is 30.5 Å². The third-order valence-electron chi connectivity index (χ3n) is 8.26. The molecule has 0 atom stereocenters. The number of nitrogens with one attached hydrogen (secondary N) is 1. The Balaban J connectivity index is 1.24. The Labute approximate surface area is 203 Å². The highest BCUT2D eigenvalue weighted by atomic mass is 16.2. The van der Waals surface area contributed by atoms with Gasteiger partial charge < -0.3 is 19.7 Å². The number of aromatic amines is 1. The van der Waals surface area contributed by atoms with Gasteiger partial charge in [0.25, 0.3) is 5.91 Å². The van der Waals surface area contributed by atoms with Gasteiger partial charge in [0.2, 0.25) is 5.91 Å². The molecule has 3 heterocycles. The molecule has 0 bridgehead atoms. The quantitative estimate of drug-likeness (QED) is 0.737. The molecule has 2 saturated heterocycles. The van der Waals surface area contributed by atoms with E-state index in [2.05, 4.69) is 21.8 Å². The van der Waals surface area contributed by atoms with E-state index in [-0.39, 0.29) is 24.4 Å². The van der Waals surface area contributed by atoms with Crippen molar-refractivity contribution in [3.63, 3.8) is 0 Å². The first-order valence-electron chi connectivity index (χ1n) is 13.2. The van der Waals surface area contributed by atoms with Crippen LogP contribution >= 0.6 is 0 Å². The minimum atomic E-state index is -0.0123. The summed E-state index contributed by atoms with van der Waals surface area (Å²) in [5, 5.41) is 1.10. The summed E-state index contributed by atoms with van der Waals surface area (Å²) < 4.78 is 0. The molecule has 0 radical (unpaired) electrons. The number of fused-ring (bicyclic) bond motifs is 1. The third kappa shape index (κ3) is 5.15. The zero-order valence-electron chi connectivity index (χ0n) is 20.5. The molecule has 34 heavy (non-hydrogen) atoms. The van der Waals surface area contributed by atoms with Crippen molar-refractivity contribution in [2.75, 3.05) is 52.9 Å². The lowest BCUT2D eigenvalue weighted by molar-refractivity contribution is -0.134. The van der Waals surface area contributed by atoms with Crippen LogP contribution in [0.5, 0.6) is 0 Å². The number of carbonyl (C=O) groups is 2. The van der Waals surface area contributed by atoms with Gasteiger partial charge in [-0.05, 0) is 69.4 Å². The van der Waals surface area contributed by atoms with E-state index in [0.717, 1.165) is 75.9 Å². The molecular formula is C27H39N5O2. The molecule has 1 aromatic heterocycles. The maximum atomic E-state index is 13.6. The number of carbonyl (C=O) groups excluding carboxylic acids is 2. The molecule has 184 valence electrons. The Morgan fingerprint density at radius 1 is 0.941 bits per heavy atom. The number of nitrogens with zero attached hydrogens (tertiary/aromatic N) is 4. The Kier molecular flexibility index (Phi) is 7.21. The molecule has 2 amide bonds. The second kappa shape index (κ2) is 10.5. The van der Waals surface area contributed by atoms with Crippen LogP contribution < -0.4 is 0 Å². The number of hydrogen-bond acceptors (Lipinski definition) is 4. The minimum absolute atomic E-state index is 0.0123. The normalized spacial score (nSPS) is 21.7. The molecule has 1 N–H and O–H groups in total. The minimum Gasteiger partial charge on any atom is -0.361 e. The monoisotopic (exact) mass is 465 g/mol. The van der Waals surface area contributed by atoms with Crippen LogP contribution in [0.4, 0.5) is 0 Å². The summed E-state index contributed by atoms with van der Waals surface area (Å²) in [5.74, 6) is 0.0876. The number of piperidine rings is 1. The number of piperazine rings is 1. The summed E-state index contributed by atoms with van der Waals surface area (Å²) in [6, 6.07) is 8.64. The van der Waals surface area contributed by atoms with Crippen LogP contribution in [-0.2, 0) is 4.79 Å². The van der Waals surface area contributed by atoms with Crippen LogP contribution in [0, 0.1) is 0 Å². The molecule has 7 nitrogen and oxygen atoms in total. The molecule has 2 aliphatic heterocycles. The largest absolute Gasteiger partial charge is 0.361 e. The van der Waals surface area contributed by atoms with Crippen molar-refractivity contribution in [2.24, 2.45) is 0 Å². The van der Waals surface area contributed by atoms with E-state index in [9.17, 15) is 9.59 Å². The summed E-state index contributed by atoms with van der Waals surface area (Å²) in [6.07, 6.45) is 9.81. The standard InChI is InChI=1S/C27H39N5O2/c1-29-13-10-23(11-14-29)30-15-17-31(18-16-30)26(33)20-32(24-5-3-2-4-6-24)27(34)22-8-7-21-9-12-28-25(21)19-22/h7-9,12,19,23-24,28H,2-6,10-11,13-18,20H2,1H3. The van der Waals surface area contributed by atoms with Crippen molar-refractivity contribution in [3.05, 3.63) is 36.0 Å². The van der Waals surface area contributed by atoms with E-state index >= 15 is 0 Å². The fourth-order valence-corrected chi connectivity index (χ4v) is 6.05. The summed E-state index contributed by atoms with van der Waals surface area (Å²) in [6.45, 7) is 5.95. The smallest absolute Gasteiger partial charge is 0.254 e. The zero-order chi connectivity index (χ0) is 23.5. The molecule has 2 aromatic rings. The maximum Gasteiger partial charge on any atom is 0.254 e. The van der Waals surface area contributed by atoms with E-state index in [0.29, 0.717) is 11.6 Å². The van der Waals surface area contributed by atoms with E-state index < -0.39 is 0 Å². The van der Waals surface area contributed by atoms with Crippen molar-refractivity contribution >= 4 is 22.7 Å². The predicted molar refractivity (Wildman–Crippen MR) is 135 cm³/mol. The van der Waals surface area contributed by atoms with Gasteiger partial charge in [0.05, 0.1) is 0 Å². The van der Waals surface area contributed by atoms with Gasteiger partial charge in [0.15, 0.2) is 0 Å². The predicted octanol–water partition coefficient (Wildman–Crippen LogP) is 3.18. The highest BCUT2D eigenvalue weighted by molar-refractivity contribution is 5.99. The summed E-state index contributed by atoms with van der Waals surface area (Å²) in [5.41, 5.74) is 1.63. The molecular weight excluding hydrogens is 426 g/mol. The molecule has 7 heteroatoms. The van der Waals surface area contributed by atoms with Crippen LogP contribution in [0.2, 0.25) is 0 Å². The maximum absolute atomic E-state index is 13.6. The summed E-state index contributed by atoms with van der Waals surface area (Å²) in [4.78, 5) is 39.1. The molecule has 3 fully saturated rings. The van der Waals surface area contributed by atoms with Gasteiger partial charge in [-0.1, -0.05) is 25.3 Å². The summed E-state index contributed by atoms with van der Waals surface area (Å²) in [7, 11) is 2.20. The average molecular weight is 466 g/mol. The Morgan fingerprint density at radius 3 is 2.41 bits per heavy atom. The van der Waals surface area contributed by atoms with Gasteiger partial charge in [-0.15, -0.1) is 0 Å². The number of rotatable bonds is 5. The van der Waals surface area contributed by atoms with Gasteiger partial charge in [-0.2, -0.15) is 0 Å². The number of benzene rings is 1. The highest BCUT2D eigenvalue weighted by Gasteiger charge is 2.32. The van der Waals surface area contributed by atoms with E-state index in [4.69, 9.17) is 0 Å². The van der Waals surface area contributed by atoms with Crippen molar-refractivity contribution in [1.82, 2.24) is 24.6 Å². The first-order valence-corrected chi connectivity index (χ1v) is 13.2. The first-order chi connectivity index (χ1) is 16.6. The second-order valence-electron chi connectivity index (χ2n) is 10.5. The van der Waals surface area contributed by atoms with Gasteiger partial charge in [-0.3, -0.25) is 14.5 Å². The van der Waals surface area contributed by atoms with Gasteiger partial charge in [0.1, 0.15) is 6.54 Å².